The number of hydrogen-bond acceptors (Lipinski definition) is 2. The third-order valence-corrected chi connectivity index (χ3v) is 4.69. The highest BCUT2D eigenvalue weighted by Gasteiger charge is 2.27. The van der Waals surface area contributed by atoms with Crippen LogP contribution in [0.5, 0.6) is 0 Å². The van der Waals surface area contributed by atoms with Crippen LogP contribution in [0.1, 0.15) is 44.1 Å². The van der Waals surface area contributed by atoms with E-state index in [2.05, 4.69) is 5.32 Å². The van der Waals surface area contributed by atoms with E-state index in [-0.39, 0.29) is 0 Å². The summed E-state index contributed by atoms with van der Waals surface area (Å²) in [6, 6.07) is 5.64. The first-order valence-corrected chi connectivity index (χ1v) is 7.72. The van der Waals surface area contributed by atoms with Gasteiger partial charge in [-0.2, -0.15) is 0 Å². The zero-order valence-corrected chi connectivity index (χ0v) is 12.6. The van der Waals surface area contributed by atoms with Crippen LogP contribution in [-0.4, -0.2) is 17.3 Å². The van der Waals surface area contributed by atoms with Crippen LogP contribution in [0.4, 0.5) is 0 Å². The van der Waals surface area contributed by atoms with Gasteiger partial charge in [-0.15, -0.1) is 0 Å². The smallest absolute Gasteiger partial charge is 0.0771 e. The molecule has 0 aliphatic heterocycles. The second-order valence-electron chi connectivity index (χ2n) is 5.46. The fraction of sp³-hybridized carbons (Fsp3) is 0.600. The van der Waals surface area contributed by atoms with Gasteiger partial charge >= 0.3 is 0 Å². The Bertz CT molecular complexity index is 415. The Balaban J connectivity index is 1.87. The van der Waals surface area contributed by atoms with Crippen LogP contribution in [0.15, 0.2) is 18.2 Å². The fourth-order valence-corrected chi connectivity index (χ4v) is 3.07. The highest BCUT2D eigenvalue weighted by Crippen LogP contribution is 2.27. The number of hydrogen-bond donors (Lipinski definition) is 2. The van der Waals surface area contributed by atoms with Gasteiger partial charge in [-0.25, -0.2) is 0 Å². The van der Waals surface area contributed by atoms with Crippen LogP contribution in [0.25, 0.3) is 0 Å². The van der Waals surface area contributed by atoms with Gasteiger partial charge in [-0.05, 0) is 24.5 Å². The lowest BCUT2D eigenvalue weighted by atomic mass is 9.94. The summed E-state index contributed by atoms with van der Waals surface area (Å²) in [5.41, 5.74) is 0.424. The molecule has 2 N–H and O–H groups in total. The summed E-state index contributed by atoms with van der Waals surface area (Å²) in [7, 11) is 0. The predicted molar refractivity (Wildman–Crippen MR) is 80.8 cm³/mol. The Labute approximate surface area is 125 Å². The Hall–Kier alpha value is -0.280. The van der Waals surface area contributed by atoms with Gasteiger partial charge in [0.1, 0.15) is 0 Å². The minimum atomic E-state index is -0.554. The summed E-state index contributed by atoms with van der Waals surface area (Å²) in [4.78, 5) is 0. The molecule has 1 fully saturated rings. The molecule has 1 aliphatic carbocycles. The monoisotopic (exact) mass is 301 g/mol. The topological polar surface area (TPSA) is 32.3 Å². The van der Waals surface area contributed by atoms with Crippen molar-refractivity contribution in [3.8, 4) is 0 Å². The van der Waals surface area contributed by atoms with Crippen molar-refractivity contribution >= 4 is 23.2 Å². The average molecular weight is 302 g/mol. The van der Waals surface area contributed by atoms with Crippen molar-refractivity contribution in [1.29, 1.82) is 0 Å². The van der Waals surface area contributed by atoms with E-state index in [4.69, 9.17) is 23.2 Å². The molecule has 0 atom stereocenters. The highest BCUT2D eigenvalue weighted by atomic mass is 35.5. The zero-order chi connectivity index (χ0) is 13.7. The molecular formula is C15H21Cl2NO. The molecule has 1 saturated carbocycles. The van der Waals surface area contributed by atoms with E-state index in [1.165, 1.54) is 12.8 Å². The second kappa shape index (κ2) is 6.94. The van der Waals surface area contributed by atoms with Gasteiger partial charge in [0.25, 0.3) is 0 Å². The summed E-state index contributed by atoms with van der Waals surface area (Å²) in [5, 5.41) is 15.0. The van der Waals surface area contributed by atoms with Crippen LogP contribution in [0, 0.1) is 0 Å². The molecule has 4 heteroatoms. The first kappa shape index (κ1) is 15.1. The van der Waals surface area contributed by atoms with E-state index in [1.54, 1.807) is 6.07 Å². The average Bonchev–Trinajstić information content (AvgIpc) is 2.60. The van der Waals surface area contributed by atoms with E-state index in [1.807, 2.05) is 12.1 Å². The minimum absolute atomic E-state index is 0.554. The molecule has 0 aromatic heterocycles. The molecule has 0 saturated heterocycles. The van der Waals surface area contributed by atoms with Crippen LogP contribution in [-0.2, 0) is 6.54 Å². The van der Waals surface area contributed by atoms with E-state index < -0.39 is 5.60 Å². The van der Waals surface area contributed by atoms with Gasteiger partial charge in [0, 0.05) is 13.1 Å². The molecular weight excluding hydrogens is 281 g/mol. The molecule has 19 heavy (non-hydrogen) atoms. The number of halogens is 2. The molecule has 1 aromatic carbocycles. The summed E-state index contributed by atoms with van der Waals surface area (Å²) in [5.74, 6) is 0. The number of nitrogens with one attached hydrogen (secondary N) is 1. The standard InChI is InChI=1S/C15H21Cl2NO/c16-13-7-5-6-12(14(13)17)10-18-11-15(19)8-3-1-2-4-9-15/h5-7,18-19H,1-4,8-11H2. The second-order valence-corrected chi connectivity index (χ2v) is 6.24. The predicted octanol–water partition coefficient (Wildman–Crippen LogP) is 4.17. The highest BCUT2D eigenvalue weighted by molar-refractivity contribution is 6.42. The molecule has 2 nitrogen and oxygen atoms in total. The van der Waals surface area contributed by atoms with E-state index in [0.717, 1.165) is 31.2 Å². The maximum atomic E-state index is 10.5. The maximum Gasteiger partial charge on any atom is 0.0771 e. The molecule has 0 unspecified atom stereocenters. The van der Waals surface area contributed by atoms with Crippen LogP contribution in [0.2, 0.25) is 10.0 Å². The first-order valence-electron chi connectivity index (χ1n) is 6.97. The van der Waals surface area contributed by atoms with Crippen LogP contribution in [0.3, 0.4) is 0 Å². The third-order valence-electron chi connectivity index (χ3n) is 3.84. The molecule has 1 aromatic rings. The Morgan fingerprint density at radius 3 is 2.47 bits per heavy atom. The molecule has 0 spiro atoms. The molecule has 1 aliphatic rings. The molecule has 2 rings (SSSR count). The summed E-state index contributed by atoms with van der Waals surface area (Å²) < 4.78 is 0. The minimum Gasteiger partial charge on any atom is -0.389 e. The Morgan fingerprint density at radius 1 is 1.11 bits per heavy atom. The molecule has 0 heterocycles. The summed E-state index contributed by atoms with van der Waals surface area (Å²) >= 11 is 12.1. The fourth-order valence-electron chi connectivity index (χ4n) is 2.68. The number of rotatable bonds is 4. The summed E-state index contributed by atoms with van der Waals surface area (Å²) in [6.07, 6.45) is 6.50. The quantitative estimate of drug-likeness (QED) is 0.818. The third kappa shape index (κ3) is 4.35. The van der Waals surface area contributed by atoms with Gasteiger partial charge in [0.05, 0.1) is 15.6 Å². The van der Waals surface area contributed by atoms with Gasteiger partial charge in [0.2, 0.25) is 0 Å². The molecule has 0 radical (unpaired) electrons. The van der Waals surface area contributed by atoms with Crippen molar-refractivity contribution in [3.63, 3.8) is 0 Å². The van der Waals surface area contributed by atoms with Crippen molar-refractivity contribution < 1.29 is 5.11 Å². The molecule has 0 bridgehead atoms. The zero-order valence-electron chi connectivity index (χ0n) is 11.1. The Kier molecular flexibility index (Phi) is 5.52. The normalized spacial score (nSPS) is 19.1. The van der Waals surface area contributed by atoms with Crippen LogP contribution < -0.4 is 5.32 Å². The number of benzene rings is 1. The van der Waals surface area contributed by atoms with Gasteiger partial charge in [0.15, 0.2) is 0 Å². The van der Waals surface area contributed by atoms with E-state index in [9.17, 15) is 5.11 Å². The van der Waals surface area contributed by atoms with Crippen molar-refractivity contribution in [2.75, 3.05) is 6.54 Å². The largest absolute Gasteiger partial charge is 0.389 e. The van der Waals surface area contributed by atoms with Crippen molar-refractivity contribution in [3.05, 3.63) is 33.8 Å². The van der Waals surface area contributed by atoms with Gasteiger partial charge in [-0.1, -0.05) is 61.0 Å². The molecule has 106 valence electrons. The van der Waals surface area contributed by atoms with Gasteiger partial charge in [-0.3, -0.25) is 0 Å². The summed E-state index contributed by atoms with van der Waals surface area (Å²) in [6.45, 7) is 1.26. The Morgan fingerprint density at radius 2 is 1.79 bits per heavy atom. The van der Waals surface area contributed by atoms with Gasteiger partial charge < -0.3 is 10.4 Å². The van der Waals surface area contributed by atoms with Crippen molar-refractivity contribution in [2.24, 2.45) is 0 Å². The van der Waals surface area contributed by atoms with E-state index in [0.29, 0.717) is 23.1 Å². The number of aliphatic hydroxyl groups is 1. The van der Waals surface area contributed by atoms with Crippen molar-refractivity contribution in [2.45, 2.75) is 50.7 Å². The SMILES string of the molecule is OC1(CNCc2cccc(Cl)c2Cl)CCCCCC1. The lowest BCUT2D eigenvalue weighted by Gasteiger charge is -2.27. The first-order chi connectivity index (χ1) is 9.11. The lowest BCUT2D eigenvalue weighted by Crippen LogP contribution is -2.39. The van der Waals surface area contributed by atoms with E-state index >= 15 is 0 Å². The van der Waals surface area contributed by atoms with Crippen LogP contribution >= 0.6 is 23.2 Å². The maximum absolute atomic E-state index is 10.5. The van der Waals surface area contributed by atoms with Crippen molar-refractivity contribution in [1.82, 2.24) is 5.32 Å². The lowest BCUT2D eigenvalue weighted by molar-refractivity contribution is 0.0250. The molecule has 0 amide bonds.